The van der Waals surface area contributed by atoms with Crippen molar-refractivity contribution < 1.29 is 7.48 Å². The van der Waals surface area contributed by atoms with Crippen LogP contribution in [0.5, 0.6) is 0 Å². The number of allylic oxidation sites excluding steroid dienone is 3. The molecule has 2 nitrogen and oxygen atoms in total. The van der Waals surface area contributed by atoms with E-state index >= 15 is 0 Å². The van der Waals surface area contributed by atoms with E-state index in [0.29, 0.717) is 0 Å². The van der Waals surface area contributed by atoms with Gasteiger partial charge in [0.1, 0.15) is 0 Å². The van der Waals surface area contributed by atoms with Gasteiger partial charge in [-0.15, -0.1) is 0 Å². The molecule has 0 aliphatic heterocycles. The third kappa shape index (κ3) is 5.75. The first-order valence-corrected chi connectivity index (χ1v) is 4.34. The summed E-state index contributed by atoms with van der Waals surface area (Å²) in [7, 11) is 0. The first-order valence-electron chi connectivity index (χ1n) is 2.51. The van der Waals surface area contributed by atoms with Gasteiger partial charge in [0, 0.05) is 0 Å². The second-order valence-electron chi connectivity index (χ2n) is 1.32. The molecule has 0 unspecified atom stereocenters. The third-order valence-electron chi connectivity index (χ3n) is 0.652. The Balaban J connectivity index is 3.57. The van der Waals surface area contributed by atoms with Gasteiger partial charge >= 0.3 is 70.9 Å². The van der Waals surface area contributed by atoms with E-state index in [9.17, 15) is 4.79 Å². The quantitative estimate of drug-likeness (QED) is 0.427. The Morgan fingerprint density at radius 3 is 2.67 bits per heavy atom. The predicted octanol–water partition coefficient (Wildman–Crippen LogP) is 0.745. The summed E-state index contributed by atoms with van der Waals surface area (Å²) in [5.41, 5.74) is 0. The van der Waals surface area contributed by atoms with E-state index < -0.39 is 0 Å². The Morgan fingerprint density at radius 1 is 1.56 bits per heavy atom. The van der Waals surface area contributed by atoms with Crippen LogP contribution >= 0.6 is 0 Å². The van der Waals surface area contributed by atoms with Crippen LogP contribution in [-0.2, 0) is 7.48 Å². The van der Waals surface area contributed by atoms with Gasteiger partial charge in [0.15, 0.2) is 0 Å². The van der Waals surface area contributed by atoms with E-state index in [1.54, 1.807) is 12.2 Å². The molecule has 0 radical (unpaired) electrons. The molecule has 46 valence electrons. The summed E-state index contributed by atoms with van der Waals surface area (Å²) in [6.07, 6.45) is 6.69. The van der Waals surface area contributed by atoms with Crippen molar-refractivity contribution in [3.8, 4) is 0 Å². The zero-order valence-corrected chi connectivity index (χ0v) is 9.69. The van der Waals surface area contributed by atoms with Crippen LogP contribution < -0.4 is 0 Å². The number of hydrogen-bond donors (Lipinski definition) is 0. The minimum absolute atomic E-state index is 0.252. The van der Waals surface area contributed by atoms with Gasteiger partial charge in [0.05, 0.1) is 0 Å². The Bertz CT molecular complexity index is 138. The molecule has 0 aromatic carbocycles. The molecule has 0 spiro atoms. The van der Waals surface area contributed by atoms with Crippen LogP contribution in [0, 0.1) is 0 Å². The van der Waals surface area contributed by atoms with E-state index in [4.69, 9.17) is 0 Å². The fraction of sp³-hybridized carbons (Fsp3) is 0.167. The van der Waals surface area contributed by atoms with Gasteiger partial charge in [-0.1, -0.05) is 0 Å². The van der Waals surface area contributed by atoms with Crippen LogP contribution in [0.2, 0.25) is 0 Å². The van der Waals surface area contributed by atoms with E-state index in [2.05, 4.69) is 2.69 Å². The van der Waals surface area contributed by atoms with Gasteiger partial charge in [0.25, 0.3) is 0 Å². The molecule has 0 rings (SSSR count). The standard InChI is InChI=1S/C6H8O2.Tl/c1-2-3-4-5-6(7)8;/h2-5H,1H3,(H,7,8);/q;+1/p-1/b3-2+,5-4+;. The Labute approximate surface area is 70.9 Å². The second-order valence-corrected chi connectivity index (χ2v) is 2.24. The summed E-state index contributed by atoms with van der Waals surface area (Å²) in [5, 5.41) is 0. The van der Waals surface area contributed by atoms with Crippen molar-refractivity contribution in [2.24, 2.45) is 0 Å². The SMILES string of the molecule is C/C=C/C=C/C(=O)[O][Tl]. The average molecular weight is 316 g/mol. The maximum absolute atomic E-state index is 10.4. The van der Waals surface area contributed by atoms with Gasteiger partial charge < -0.3 is 0 Å². The number of carbonyl (C=O) groups excluding carboxylic acids is 1. The van der Waals surface area contributed by atoms with Crippen molar-refractivity contribution in [3.05, 3.63) is 24.3 Å². The molecule has 0 fully saturated rings. The van der Waals surface area contributed by atoms with Crippen molar-refractivity contribution in [2.45, 2.75) is 6.92 Å². The van der Waals surface area contributed by atoms with Crippen molar-refractivity contribution in [3.63, 3.8) is 0 Å². The first-order chi connectivity index (χ1) is 4.31. The van der Waals surface area contributed by atoms with Crippen LogP contribution in [0.15, 0.2) is 24.3 Å². The summed E-state index contributed by atoms with van der Waals surface area (Å²) < 4.78 is 4.50. The molecule has 0 N–H and O–H groups in total. The average Bonchev–Trinajstić information content (AvgIpc) is 1.89. The number of carbonyl (C=O) groups is 1. The summed E-state index contributed by atoms with van der Waals surface area (Å²) in [4.78, 5) is 10.4. The van der Waals surface area contributed by atoms with Crippen molar-refractivity contribution in [2.75, 3.05) is 0 Å². The molecule has 0 bridgehead atoms. The molecule has 0 amide bonds. The number of rotatable bonds is 2. The molecule has 0 aromatic heterocycles. The van der Waals surface area contributed by atoms with Crippen LogP contribution in [0.3, 0.4) is 0 Å². The first kappa shape index (κ1) is 8.87. The monoisotopic (exact) mass is 316 g/mol. The van der Waals surface area contributed by atoms with Crippen molar-refractivity contribution >= 4 is 32.2 Å². The van der Waals surface area contributed by atoms with E-state index in [1.807, 2.05) is 13.0 Å². The molecule has 3 heteroatoms. The summed E-state index contributed by atoms with van der Waals surface area (Å²) >= 11 is 0.290. The second kappa shape index (κ2) is 6.00. The predicted molar refractivity (Wildman–Crippen MR) is 35.8 cm³/mol. The van der Waals surface area contributed by atoms with Gasteiger partial charge in [-0.25, -0.2) is 0 Å². The summed E-state index contributed by atoms with van der Waals surface area (Å²) in [6, 6.07) is 0. The molecular formula is C6H7O2Tl. The zero-order valence-electron chi connectivity index (χ0n) is 5.20. The normalized spacial score (nSPS) is 10.7. The van der Waals surface area contributed by atoms with Gasteiger partial charge in [-0.2, -0.15) is 0 Å². The molecule has 0 heterocycles. The van der Waals surface area contributed by atoms with Crippen LogP contribution in [0.25, 0.3) is 0 Å². The summed E-state index contributed by atoms with van der Waals surface area (Å²) in [5.74, 6) is -0.252. The van der Waals surface area contributed by atoms with Gasteiger partial charge in [-0.3, -0.25) is 0 Å². The summed E-state index contributed by atoms with van der Waals surface area (Å²) in [6.45, 7) is 1.89. The minimum atomic E-state index is -0.252. The van der Waals surface area contributed by atoms with E-state index in [-0.39, 0.29) is 32.2 Å². The van der Waals surface area contributed by atoms with E-state index in [0.717, 1.165) is 0 Å². The molecule has 0 aromatic rings. The Kier molecular flexibility index (Phi) is 5.91. The van der Waals surface area contributed by atoms with Crippen LogP contribution in [0.1, 0.15) is 6.92 Å². The molecule has 0 aliphatic rings. The zero-order chi connectivity index (χ0) is 7.11. The third-order valence-corrected chi connectivity index (χ3v) is 1.56. The molecular weight excluding hydrogens is 308 g/mol. The van der Waals surface area contributed by atoms with Gasteiger partial charge in [-0.05, 0) is 0 Å². The fourth-order valence-corrected chi connectivity index (χ4v) is 0.590. The van der Waals surface area contributed by atoms with E-state index in [1.165, 1.54) is 6.08 Å². The molecule has 0 saturated carbocycles. The van der Waals surface area contributed by atoms with Crippen molar-refractivity contribution in [1.82, 2.24) is 0 Å². The molecule has 9 heavy (non-hydrogen) atoms. The number of hydrogen-bond acceptors (Lipinski definition) is 2. The van der Waals surface area contributed by atoms with Crippen LogP contribution in [-0.4, -0.2) is 32.2 Å². The fourth-order valence-electron chi connectivity index (χ4n) is 0.285. The maximum atomic E-state index is 10.4. The van der Waals surface area contributed by atoms with Crippen molar-refractivity contribution in [1.29, 1.82) is 0 Å². The molecule has 0 saturated heterocycles. The van der Waals surface area contributed by atoms with Crippen LogP contribution in [0.4, 0.5) is 0 Å². The van der Waals surface area contributed by atoms with Gasteiger partial charge in [0.2, 0.25) is 0 Å². The Morgan fingerprint density at radius 2 is 2.22 bits per heavy atom. The molecule has 0 aliphatic carbocycles. The topological polar surface area (TPSA) is 26.3 Å². The molecule has 0 atom stereocenters. The Hall–Kier alpha value is -0.128.